The third-order valence-electron chi connectivity index (χ3n) is 7.52. The summed E-state index contributed by atoms with van der Waals surface area (Å²) in [4.78, 5) is 0. The molecule has 0 radical (unpaired) electrons. The summed E-state index contributed by atoms with van der Waals surface area (Å²) in [6, 6.07) is 0. The Morgan fingerprint density at radius 1 is 1.10 bits per heavy atom. The highest BCUT2D eigenvalue weighted by molar-refractivity contribution is 5.35. The van der Waals surface area contributed by atoms with Crippen LogP contribution in [-0.4, -0.2) is 11.2 Å². The predicted molar refractivity (Wildman–Crippen MR) is 82.2 cm³/mol. The Bertz CT molecular complexity index is 476. The lowest BCUT2D eigenvalue weighted by atomic mass is 9.49. The second-order valence-electron chi connectivity index (χ2n) is 8.26. The highest BCUT2D eigenvalue weighted by Gasteiger charge is 2.57. The topological polar surface area (TPSA) is 20.2 Å². The average Bonchev–Trinajstić information content (AvgIpc) is 2.74. The molecular formula is C19H28O. The molecule has 0 heterocycles. The fraction of sp³-hybridized carbons (Fsp3) is 0.789. The lowest BCUT2D eigenvalue weighted by molar-refractivity contribution is -0.0473. The van der Waals surface area contributed by atoms with E-state index in [1.54, 1.807) is 5.57 Å². The molecule has 0 aromatic rings. The minimum absolute atomic E-state index is 0.0575. The van der Waals surface area contributed by atoms with Crippen molar-refractivity contribution in [3.8, 4) is 0 Å². The summed E-state index contributed by atoms with van der Waals surface area (Å²) in [5, 5.41) is 10.4. The third-order valence-corrected chi connectivity index (χ3v) is 7.52. The number of allylic oxidation sites excluding steroid dienone is 4. The van der Waals surface area contributed by atoms with Crippen molar-refractivity contribution in [1.29, 1.82) is 0 Å². The summed E-state index contributed by atoms with van der Waals surface area (Å²) in [5.74, 6) is 2.25. The number of aliphatic hydroxyl groups is 1. The van der Waals surface area contributed by atoms with Crippen molar-refractivity contribution in [3.05, 3.63) is 23.8 Å². The van der Waals surface area contributed by atoms with Gasteiger partial charge in [0.15, 0.2) is 0 Å². The van der Waals surface area contributed by atoms with Gasteiger partial charge in [-0.3, -0.25) is 0 Å². The molecule has 0 spiro atoms. The lowest BCUT2D eigenvalue weighted by Crippen LogP contribution is -2.49. The fourth-order valence-electron chi connectivity index (χ4n) is 6.16. The van der Waals surface area contributed by atoms with Gasteiger partial charge in [0.05, 0.1) is 6.10 Å². The van der Waals surface area contributed by atoms with E-state index in [1.165, 1.54) is 38.5 Å². The van der Waals surface area contributed by atoms with E-state index in [4.69, 9.17) is 0 Å². The number of rotatable bonds is 0. The Hall–Kier alpha value is -0.560. The monoisotopic (exact) mass is 272 g/mol. The van der Waals surface area contributed by atoms with E-state index in [-0.39, 0.29) is 11.5 Å². The molecule has 2 fully saturated rings. The van der Waals surface area contributed by atoms with E-state index < -0.39 is 0 Å². The van der Waals surface area contributed by atoms with Crippen LogP contribution in [0.4, 0.5) is 0 Å². The largest absolute Gasteiger partial charge is 0.393 e. The molecule has 4 aliphatic rings. The van der Waals surface area contributed by atoms with Crippen LogP contribution in [0.25, 0.3) is 0 Å². The Balaban J connectivity index is 1.74. The van der Waals surface area contributed by atoms with Gasteiger partial charge in [0, 0.05) is 0 Å². The maximum atomic E-state index is 10.4. The second-order valence-corrected chi connectivity index (χ2v) is 8.26. The van der Waals surface area contributed by atoms with Crippen molar-refractivity contribution in [2.24, 2.45) is 28.6 Å². The quantitative estimate of drug-likeness (QED) is 0.689. The summed E-state index contributed by atoms with van der Waals surface area (Å²) in [6.07, 6.45) is 16.2. The van der Waals surface area contributed by atoms with Crippen LogP contribution in [0.5, 0.6) is 0 Å². The molecule has 0 aliphatic heterocycles. The van der Waals surface area contributed by atoms with E-state index in [0.29, 0.717) is 17.3 Å². The van der Waals surface area contributed by atoms with Crippen LogP contribution in [0.1, 0.15) is 58.8 Å². The normalized spacial score (nSPS) is 53.9. The second kappa shape index (κ2) is 4.22. The van der Waals surface area contributed by atoms with Crippen molar-refractivity contribution in [1.82, 2.24) is 0 Å². The fourth-order valence-corrected chi connectivity index (χ4v) is 6.16. The molecule has 110 valence electrons. The standard InChI is InChI=1S/C19H28O/c1-18-11-4-3-5-13(18)6-7-14-15-8-9-17(20)19(15,2)12-10-16(14)18/h5-7,14-17,20H,3-4,8-12H2,1-2H3/t14-,15-,16-,17-,18-,19-/m0/s1. The van der Waals surface area contributed by atoms with Gasteiger partial charge in [-0.05, 0) is 79.1 Å². The smallest absolute Gasteiger partial charge is 0.0596 e. The van der Waals surface area contributed by atoms with E-state index in [2.05, 4.69) is 32.1 Å². The zero-order valence-corrected chi connectivity index (χ0v) is 12.9. The summed E-state index contributed by atoms with van der Waals surface area (Å²) in [5.41, 5.74) is 2.23. The first kappa shape index (κ1) is 13.1. The molecular weight excluding hydrogens is 244 g/mol. The first-order valence-corrected chi connectivity index (χ1v) is 8.63. The highest BCUT2D eigenvalue weighted by atomic mass is 16.3. The molecule has 1 nitrogen and oxygen atoms in total. The van der Waals surface area contributed by atoms with Gasteiger partial charge in [0.2, 0.25) is 0 Å². The summed E-state index contributed by atoms with van der Waals surface area (Å²) >= 11 is 0. The van der Waals surface area contributed by atoms with E-state index >= 15 is 0 Å². The van der Waals surface area contributed by atoms with Crippen LogP contribution >= 0.6 is 0 Å². The third kappa shape index (κ3) is 1.53. The van der Waals surface area contributed by atoms with Crippen LogP contribution in [0, 0.1) is 28.6 Å². The molecule has 0 aromatic heterocycles. The van der Waals surface area contributed by atoms with Crippen molar-refractivity contribution in [2.75, 3.05) is 0 Å². The van der Waals surface area contributed by atoms with Gasteiger partial charge in [0.25, 0.3) is 0 Å². The minimum atomic E-state index is -0.0575. The van der Waals surface area contributed by atoms with Crippen molar-refractivity contribution >= 4 is 0 Å². The van der Waals surface area contributed by atoms with Crippen LogP contribution in [0.15, 0.2) is 23.8 Å². The van der Waals surface area contributed by atoms with Gasteiger partial charge in [0.1, 0.15) is 0 Å². The lowest BCUT2D eigenvalue weighted by Gasteiger charge is -2.55. The van der Waals surface area contributed by atoms with Crippen LogP contribution in [0.3, 0.4) is 0 Å². The van der Waals surface area contributed by atoms with Crippen molar-refractivity contribution in [2.45, 2.75) is 64.9 Å². The Labute approximate surface area is 123 Å². The zero-order chi connectivity index (χ0) is 14.0. The molecule has 2 saturated carbocycles. The van der Waals surface area contributed by atoms with Gasteiger partial charge < -0.3 is 5.11 Å². The average molecular weight is 272 g/mol. The van der Waals surface area contributed by atoms with Crippen LogP contribution < -0.4 is 0 Å². The van der Waals surface area contributed by atoms with Gasteiger partial charge in [-0.25, -0.2) is 0 Å². The maximum Gasteiger partial charge on any atom is 0.0596 e. The van der Waals surface area contributed by atoms with Gasteiger partial charge in [-0.15, -0.1) is 0 Å². The molecule has 4 rings (SSSR count). The number of hydrogen-bond donors (Lipinski definition) is 1. The first-order valence-electron chi connectivity index (χ1n) is 8.63. The van der Waals surface area contributed by atoms with E-state index in [9.17, 15) is 5.11 Å². The first-order chi connectivity index (χ1) is 9.56. The Morgan fingerprint density at radius 3 is 2.80 bits per heavy atom. The molecule has 0 bridgehead atoms. The minimum Gasteiger partial charge on any atom is -0.393 e. The maximum absolute atomic E-state index is 10.4. The van der Waals surface area contributed by atoms with Gasteiger partial charge >= 0.3 is 0 Å². The molecule has 4 aliphatic carbocycles. The Morgan fingerprint density at radius 2 is 1.95 bits per heavy atom. The molecule has 1 heteroatoms. The predicted octanol–water partition coefficient (Wildman–Crippen LogP) is 4.48. The molecule has 6 atom stereocenters. The summed E-state index contributed by atoms with van der Waals surface area (Å²) in [6.45, 7) is 4.88. The number of fused-ring (bicyclic) bond motifs is 5. The summed E-state index contributed by atoms with van der Waals surface area (Å²) in [7, 11) is 0. The zero-order valence-electron chi connectivity index (χ0n) is 12.9. The molecule has 0 amide bonds. The van der Waals surface area contributed by atoms with E-state index in [1.807, 2.05) is 0 Å². The summed E-state index contributed by atoms with van der Waals surface area (Å²) < 4.78 is 0. The number of aliphatic hydroxyl groups excluding tert-OH is 1. The molecule has 1 N–H and O–H groups in total. The van der Waals surface area contributed by atoms with Crippen molar-refractivity contribution in [3.63, 3.8) is 0 Å². The van der Waals surface area contributed by atoms with Crippen LogP contribution in [0.2, 0.25) is 0 Å². The molecule has 0 unspecified atom stereocenters. The SMILES string of the molecule is C[C@]12CC[C@H]3[C@@H](C=CC4=CCCC[C@@]43C)[C@@H]1CC[C@@H]2O. The molecule has 20 heavy (non-hydrogen) atoms. The Kier molecular flexibility index (Phi) is 2.77. The van der Waals surface area contributed by atoms with Gasteiger partial charge in [-0.2, -0.15) is 0 Å². The van der Waals surface area contributed by atoms with E-state index in [0.717, 1.165) is 12.3 Å². The molecule has 0 aromatic carbocycles. The molecule has 0 saturated heterocycles. The highest BCUT2D eigenvalue weighted by Crippen LogP contribution is 2.63. The number of hydrogen-bond acceptors (Lipinski definition) is 1. The van der Waals surface area contributed by atoms with Gasteiger partial charge in [-0.1, -0.05) is 32.1 Å². The van der Waals surface area contributed by atoms with Crippen molar-refractivity contribution < 1.29 is 5.11 Å². The van der Waals surface area contributed by atoms with Crippen LogP contribution in [-0.2, 0) is 0 Å².